The number of hydrogen-bond acceptors (Lipinski definition) is 11. The van der Waals surface area contributed by atoms with E-state index < -0.39 is 41.4 Å². The van der Waals surface area contributed by atoms with Crippen LogP contribution in [0.3, 0.4) is 0 Å². The van der Waals surface area contributed by atoms with Crippen LogP contribution in [-0.4, -0.2) is 112 Å². The maximum absolute atomic E-state index is 12.1. The molecule has 0 saturated carbocycles. The molecule has 0 aromatic carbocycles. The molecule has 0 aromatic heterocycles. The minimum Gasteiger partial charge on any atom is -0.446 e. The van der Waals surface area contributed by atoms with Crippen LogP contribution in [0.2, 0.25) is 0 Å². The third-order valence-corrected chi connectivity index (χ3v) is 6.41. The Kier molecular flexibility index (Phi) is 6.25. The summed E-state index contributed by atoms with van der Waals surface area (Å²) < 4.78 is 6.83. The molecule has 1 fully saturated rings. The van der Waals surface area contributed by atoms with Crippen molar-refractivity contribution in [1.82, 2.24) is 26.2 Å². The number of amides is 4. The number of carbonyl (C=O) groups is 4. The molecule has 4 aliphatic rings. The summed E-state index contributed by atoms with van der Waals surface area (Å²) in [6.07, 6.45) is 1.49. The lowest BCUT2D eigenvalue weighted by Crippen LogP contribution is -2.91. The molecule has 1 spiro atoms. The molecule has 1 unspecified atom stereocenters. The van der Waals surface area contributed by atoms with Gasteiger partial charge in [-0.05, 0) is 0 Å². The van der Waals surface area contributed by atoms with Crippen molar-refractivity contribution < 1.29 is 43.7 Å². The highest BCUT2D eigenvalue weighted by Crippen LogP contribution is 2.36. The molecular formula is C19H29N9O7+2. The van der Waals surface area contributed by atoms with Gasteiger partial charge in [0.15, 0.2) is 6.04 Å². The number of guanidine groups is 2. The summed E-state index contributed by atoms with van der Waals surface area (Å²) in [5, 5.41) is 32.2. The molecule has 4 aliphatic heterocycles. The van der Waals surface area contributed by atoms with Gasteiger partial charge in [-0.25, -0.2) is 14.7 Å². The first-order valence-corrected chi connectivity index (χ1v) is 11.0. The Labute approximate surface area is 199 Å². The largest absolute Gasteiger partial charge is 0.446 e. The summed E-state index contributed by atoms with van der Waals surface area (Å²) in [6, 6.07) is -1.34. The normalized spacial score (nSPS) is 28.2. The molecule has 0 aromatic rings. The Hall–Kier alpha value is -3.92. The molecule has 11 N–H and O–H groups in total. The van der Waals surface area contributed by atoms with Crippen LogP contribution >= 0.6 is 0 Å². The number of rotatable bonds is 8. The zero-order valence-corrected chi connectivity index (χ0v) is 18.7. The number of nitrogens with one attached hydrogen (secondary N) is 5. The van der Waals surface area contributed by atoms with E-state index in [-0.39, 0.29) is 63.5 Å². The first-order chi connectivity index (χ1) is 16.5. The van der Waals surface area contributed by atoms with E-state index >= 15 is 0 Å². The van der Waals surface area contributed by atoms with Gasteiger partial charge < -0.3 is 25.6 Å². The van der Waals surface area contributed by atoms with Crippen molar-refractivity contribution in [3.8, 4) is 0 Å². The van der Waals surface area contributed by atoms with Crippen molar-refractivity contribution in [3.63, 3.8) is 0 Å². The van der Waals surface area contributed by atoms with E-state index in [4.69, 9.17) is 16.2 Å². The molecule has 0 radical (unpaired) electrons. The van der Waals surface area contributed by atoms with Crippen molar-refractivity contribution >= 4 is 35.7 Å². The Bertz CT molecular complexity index is 1020. The number of ether oxygens (including phenoxy) is 1. The van der Waals surface area contributed by atoms with Crippen molar-refractivity contribution in [3.05, 3.63) is 12.2 Å². The van der Waals surface area contributed by atoms with Crippen molar-refractivity contribution in [1.29, 1.82) is 0 Å². The van der Waals surface area contributed by atoms with Gasteiger partial charge in [-0.1, -0.05) is 0 Å². The molecule has 35 heavy (non-hydrogen) atoms. The minimum absolute atomic E-state index is 0.0230. The van der Waals surface area contributed by atoms with Crippen LogP contribution in [0, 0.1) is 0 Å². The van der Waals surface area contributed by atoms with Crippen molar-refractivity contribution in [2.45, 2.75) is 36.4 Å². The Morgan fingerprint density at radius 1 is 1.23 bits per heavy atom. The predicted octanol–water partition coefficient (Wildman–Crippen LogP) is -7.41. The number of nitrogens with two attached hydrogens (primary N) is 2. The van der Waals surface area contributed by atoms with Crippen molar-refractivity contribution in [2.75, 3.05) is 32.8 Å². The van der Waals surface area contributed by atoms with Crippen LogP contribution in [0.15, 0.2) is 12.2 Å². The highest BCUT2D eigenvalue weighted by molar-refractivity contribution is 6.13. The number of nitrogens with zero attached hydrogens (tertiary/aromatic N) is 2. The van der Waals surface area contributed by atoms with Gasteiger partial charge >= 0.3 is 18.0 Å². The van der Waals surface area contributed by atoms with Gasteiger partial charge in [-0.2, -0.15) is 0 Å². The summed E-state index contributed by atoms with van der Waals surface area (Å²) in [5.41, 5.74) is 10.5. The molecule has 190 valence electrons. The summed E-state index contributed by atoms with van der Waals surface area (Å²) >= 11 is 0. The van der Waals surface area contributed by atoms with Crippen LogP contribution in [0.5, 0.6) is 0 Å². The average Bonchev–Trinajstić information content (AvgIpc) is 3.41. The maximum atomic E-state index is 12.1. The van der Waals surface area contributed by atoms with Gasteiger partial charge in [0.25, 0.3) is 17.5 Å². The molecule has 16 heteroatoms. The molecule has 0 bridgehead atoms. The van der Waals surface area contributed by atoms with E-state index in [1.54, 1.807) is 4.58 Å². The Balaban J connectivity index is 1.20. The third-order valence-electron chi connectivity index (χ3n) is 6.41. The van der Waals surface area contributed by atoms with Gasteiger partial charge in [-0.3, -0.25) is 41.1 Å². The van der Waals surface area contributed by atoms with Crippen LogP contribution in [-0.2, 0) is 19.1 Å². The van der Waals surface area contributed by atoms with Gasteiger partial charge in [0.2, 0.25) is 11.7 Å². The fourth-order valence-corrected chi connectivity index (χ4v) is 4.75. The first kappa shape index (κ1) is 24.2. The second-order valence-electron chi connectivity index (χ2n) is 8.57. The summed E-state index contributed by atoms with van der Waals surface area (Å²) in [7, 11) is 0. The zero-order chi connectivity index (χ0) is 25.4. The number of aliphatic hydroxyl groups is 2. The van der Waals surface area contributed by atoms with Crippen LogP contribution in [0.1, 0.15) is 12.8 Å². The van der Waals surface area contributed by atoms with Gasteiger partial charge in [0.1, 0.15) is 12.6 Å². The molecule has 0 aliphatic carbocycles. The first-order valence-electron chi connectivity index (χ1n) is 11.0. The second kappa shape index (κ2) is 9.03. The maximum Gasteiger partial charge on any atom is 0.407 e. The molecule has 4 heterocycles. The lowest BCUT2D eigenvalue weighted by molar-refractivity contribution is -0.674. The smallest absolute Gasteiger partial charge is 0.407 e. The predicted molar refractivity (Wildman–Crippen MR) is 116 cm³/mol. The summed E-state index contributed by atoms with van der Waals surface area (Å²) in [4.78, 5) is 50.8. The van der Waals surface area contributed by atoms with Gasteiger partial charge in [0.05, 0.1) is 6.54 Å². The number of imide groups is 1. The van der Waals surface area contributed by atoms with E-state index in [1.807, 2.05) is 0 Å². The van der Waals surface area contributed by atoms with E-state index in [1.165, 1.54) is 0 Å². The fraction of sp³-hybridized carbons (Fsp3) is 0.579. The SMILES string of the molecule is NC1=[NH+][C@H]2C(COC(=O)NCCNC(=O)CCN3C(=O)C=CC3=O)NC(N)=[N+]3CCC(O)(O)[C@]23N1. The van der Waals surface area contributed by atoms with E-state index in [9.17, 15) is 29.4 Å². The van der Waals surface area contributed by atoms with E-state index in [0.717, 1.165) is 17.1 Å². The summed E-state index contributed by atoms with van der Waals surface area (Å²) in [6.45, 7) is 0.229. The number of hydrogen-bond donors (Lipinski definition) is 9. The molecule has 4 rings (SSSR count). The standard InChI is InChI=1S/C19H27N9O7/c20-15-25-14-10(24-16(21)28-8-4-18(33,34)19(14,28)26-15)9-35-17(32)23-6-5-22-11(29)3-7-27-12(30)1-2-13(27)31/h1-2,10,14,33-34H,3-9H2,(H7,20,21,22,23,24,25,26,29,32)/p+2/t10?,14-,19-/m0/s1. The van der Waals surface area contributed by atoms with Crippen LogP contribution in [0.4, 0.5) is 4.79 Å². The topological polar surface area (TPSA) is 238 Å². The van der Waals surface area contributed by atoms with E-state index in [2.05, 4.69) is 26.3 Å². The highest BCUT2D eigenvalue weighted by atomic mass is 16.5. The molecule has 3 atom stereocenters. The molecule has 4 amide bonds. The third kappa shape index (κ3) is 4.32. The quantitative estimate of drug-likeness (QED) is 0.0663. The lowest BCUT2D eigenvalue weighted by atomic mass is 9.87. The molecule has 1 saturated heterocycles. The highest BCUT2D eigenvalue weighted by Gasteiger charge is 2.74. The van der Waals surface area contributed by atoms with Crippen LogP contribution in [0.25, 0.3) is 0 Å². The van der Waals surface area contributed by atoms with Gasteiger partial charge in [-0.15, -0.1) is 0 Å². The number of alkyl carbamates (subject to hydrolysis) is 1. The van der Waals surface area contributed by atoms with Crippen molar-refractivity contribution in [2.24, 2.45) is 11.5 Å². The van der Waals surface area contributed by atoms with E-state index in [0.29, 0.717) is 0 Å². The fourth-order valence-electron chi connectivity index (χ4n) is 4.75. The Morgan fingerprint density at radius 3 is 2.63 bits per heavy atom. The average molecular weight is 495 g/mol. The van der Waals surface area contributed by atoms with Gasteiger partial charge in [0, 0.05) is 44.6 Å². The molecule has 16 nitrogen and oxygen atoms in total. The zero-order valence-electron chi connectivity index (χ0n) is 18.7. The number of carbonyl (C=O) groups excluding carboxylic acids is 4. The minimum atomic E-state index is -2.15. The Morgan fingerprint density at radius 2 is 1.91 bits per heavy atom. The monoisotopic (exact) mass is 495 g/mol. The van der Waals surface area contributed by atoms with Crippen LogP contribution < -0.4 is 37.7 Å². The second-order valence-corrected chi connectivity index (χ2v) is 8.57. The summed E-state index contributed by atoms with van der Waals surface area (Å²) in [5.74, 6) is -3.15. The lowest BCUT2D eigenvalue weighted by Gasteiger charge is -2.40. The molecular weight excluding hydrogens is 466 g/mol.